The van der Waals surface area contributed by atoms with Crippen LogP contribution in [0.3, 0.4) is 0 Å². The molecule has 0 aromatic heterocycles. The van der Waals surface area contributed by atoms with Crippen LogP contribution in [-0.2, 0) is 9.59 Å². The van der Waals surface area contributed by atoms with Crippen LogP contribution in [0.15, 0.2) is 24.3 Å². The molecule has 5 nitrogen and oxygen atoms in total. The monoisotopic (exact) mass is 223 g/mol. The third-order valence-electron chi connectivity index (χ3n) is 2.06. The highest BCUT2D eigenvalue weighted by atomic mass is 16.5. The lowest BCUT2D eigenvalue weighted by Gasteiger charge is -2.15. The Bertz CT molecular complexity index is 389. The smallest absolute Gasteiger partial charge is 0.333 e. The number of nitrogens with one attached hydrogen (secondary N) is 1. The number of aliphatic carboxylic acids is 1. The summed E-state index contributed by atoms with van der Waals surface area (Å²) in [5, 5.41) is 11.5. The molecule has 0 fully saturated rings. The molecule has 5 heteroatoms. The van der Waals surface area contributed by atoms with E-state index in [0.29, 0.717) is 11.4 Å². The second kappa shape index (κ2) is 5.16. The first kappa shape index (κ1) is 12.0. The Morgan fingerprint density at radius 3 is 2.50 bits per heavy atom. The van der Waals surface area contributed by atoms with Crippen molar-refractivity contribution < 1.29 is 19.4 Å². The van der Waals surface area contributed by atoms with E-state index in [-0.39, 0.29) is 0 Å². The number of ketones is 1. The van der Waals surface area contributed by atoms with Crippen LogP contribution in [0.2, 0.25) is 0 Å². The van der Waals surface area contributed by atoms with Gasteiger partial charge >= 0.3 is 5.97 Å². The molecule has 1 rings (SSSR count). The molecule has 0 spiro atoms. The van der Waals surface area contributed by atoms with Crippen LogP contribution in [0.1, 0.15) is 6.92 Å². The van der Waals surface area contributed by atoms with Gasteiger partial charge in [-0.05, 0) is 19.1 Å². The molecule has 0 heterocycles. The molecule has 1 atom stereocenters. The first-order valence-corrected chi connectivity index (χ1v) is 4.69. The normalized spacial score (nSPS) is 11.6. The van der Waals surface area contributed by atoms with Crippen LogP contribution in [0.4, 0.5) is 5.69 Å². The first-order valence-electron chi connectivity index (χ1n) is 4.69. The number of rotatable bonds is 5. The number of methoxy groups -OCH3 is 1. The molecule has 2 N–H and O–H groups in total. The van der Waals surface area contributed by atoms with E-state index >= 15 is 0 Å². The summed E-state index contributed by atoms with van der Waals surface area (Å²) in [6, 6.07) is 5.56. The third kappa shape index (κ3) is 2.73. The highest BCUT2D eigenvalue weighted by Crippen LogP contribution is 2.23. The molecule has 0 saturated heterocycles. The van der Waals surface area contributed by atoms with Crippen LogP contribution in [-0.4, -0.2) is 30.0 Å². The number of carbonyl (C=O) groups is 2. The van der Waals surface area contributed by atoms with Crippen molar-refractivity contribution in [1.29, 1.82) is 0 Å². The Morgan fingerprint density at radius 2 is 2.00 bits per heavy atom. The van der Waals surface area contributed by atoms with Crippen molar-refractivity contribution in [3.8, 4) is 5.75 Å². The van der Waals surface area contributed by atoms with Gasteiger partial charge < -0.3 is 15.2 Å². The maximum Gasteiger partial charge on any atom is 0.333 e. The van der Waals surface area contributed by atoms with Gasteiger partial charge in [0.2, 0.25) is 0 Å². The minimum atomic E-state index is -1.25. The average Bonchev–Trinajstić information content (AvgIpc) is 2.25. The van der Waals surface area contributed by atoms with Gasteiger partial charge in [-0.15, -0.1) is 0 Å². The minimum Gasteiger partial charge on any atom is -0.495 e. The summed E-state index contributed by atoms with van der Waals surface area (Å²) >= 11 is 0. The summed E-state index contributed by atoms with van der Waals surface area (Å²) in [6.07, 6.45) is 0. The molecule has 0 saturated carbocycles. The van der Waals surface area contributed by atoms with Gasteiger partial charge in [0.05, 0.1) is 12.8 Å². The lowest BCUT2D eigenvalue weighted by Crippen LogP contribution is -2.35. The molecule has 86 valence electrons. The zero-order valence-electron chi connectivity index (χ0n) is 9.06. The number of hydrogen-bond donors (Lipinski definition) is 2. The van der Waals surface area contributed by atoms with Gasteiger partial charge in [-0.3, -0.25) is 4.79 Å². The van der Waals surface area contributed by atoms with Crippen LogP contribution >= 0.6 is 0 Å². The number of anilines is 1. The van der Waals surface area contributed by atoms with Crippen molar-refractivity contribution >= 4 is 17.4 Å². The molecule has 0 aliphatic heterocycles. The fourth-order valence-corrected chi connectivity index (χ4v) is 1.26. The van der Waals surface area contributed by atoms with Gasteiger partial charge in [0, 0.05) is 0 Å². The number of carboxylic acid groups (broad SMARTS) is 1. The second-order valence-electron chi connectivity index (χ2n) is 3.23. The number of para-hydroxylation sites is 2. The van der Waals surface area contributed by atoms with Crippen LogP contribution in [0, 0.1) is 0 Å². The number of Topliss-reactive ketones (excluding diaryl/α,β-unsaturated/α-hetero) is 1. The summed E-state index contributed by atoms with van der Waals surface area (Å²) < 4.78 is 5.04. The lowest BCUT2D eigenvalue weighted by atomic mass is 10.2. The highest BCUT2D eigenvalue weighted by Gasteiger charge is 2.23. The summed E-state index contributed by atoms with van der Waals surface area (Å²) in [4.78, 5) is 21.9. The molecule has 1 unspecified atom stereocenters. The Morgan fingerprint density at radius 1 is 1.38 bits per heavy atom. The quantitative estimate of drug-likeness (QED) is 0.732. The zero-order chi connectivity index (χ0) is 12.1. The Hall–Kier alpha value is -2.04. The molecular weight excluding hydrogens is 210 g/mol. The van der Waals surface area contributed by atoms with E-state index in [1.165, 1.54) is 14.0 Å². The fraction of sp³-hybridized carbons (Fsp3) is 0.273. The zero-order valence-corrected chi connectivity index (χ0v) is 9.06. The van der Waals surface area contributed by atoms with Gasteiger partial charge in [0.1, 0.15) is 5.75 Å². The van der Waals surface area contributed by atoms with E-state index in [1.54, 1.807) is 24.3 Å². The average molecular weight is 223 g/mol. The van der Waals surface area contributed by atoms with Crippen LogP contribution in [0.25, 0.3) is 0 Å². The summed E-state index contributed by atoms with van der Waals surface area (Å²) in [5.41, 5.74) is 0.479. The molecule has 0 radical (unpaired) electrons. The fourth-order valence-electron chi connectivity index (χ4n) is 1.26. The van der Waals surface area contributed by atoms with Crippen molar-refractivity contribution in [2.75, 3.05) is 12.4 Å². The predicted molar refractivity (Wildman–Crippen MR) is 58.7 cm³/mol. The number of carboxylic acids is 1. The molecule has 0 bridgehead atoms. The van der Waals surface area contributed by atoms with Crippen molar-refractivity contribution in [2.45, 2.75) is 13.0 Å². The number of hydrogen-bond acceptors (Lipinski definition) is 4. The largest absolute Gasteiger partial charge is 0.495 e. The SMILES string of the molecule is COc1ccccc1NC(C(C)=O)C(=O)O. The molecule has 1 aromatic carbocycles. The van der Waals surface area contributed by atoms with E-state index in [4.69, 9.17) is 9.84 Å². The molecule has 1 aromatic rings. The Balaban J connectivity index is 2.93. The number of carbonyl (C=O) groups excluding carboxylic acids is 1. The van der Waals surface area contributed by atoms with Crippen molar-refractivity contribution in [3.63, 3.8) is 0 Å². The Labute approximate surface area is 93.0 Å². The second-order valence-corrected chi connectivity index (χ2v) is 3.23. The van der Waals surface area contributed by atoms with Gasteiger partial charge in [0.15, 0.2) is 11.8 Å². The van der Waals surface area contributed by atoms with Crippen molar-refractivity contribution in [2.24, 2.45) is 0 Å². The lowest BCUT2D eigenvalue weighted by molar-refractivity contribution is -0.140. The topological polar surface area (TPSA) is 75.6 Å². The summed E-state index contributed by atoms with van der Waals surface area (Å²) in [7, 11) is 1.48. The van der Waals surface area contributed by atoms with Gasteiger partial charge in [-0.1, -0.05) is 12.1 Å². The summed E-state index contributed by atoms with van der Waals surface area (Å²) in [6.45, 7) is 1.22. The van der Waals surface area contributed by atoms with E-state index in [1.807, 2.05) is 0 Å². The van der Waals surface area contributed by atoms with Crippen LogP contribution in [0.5, 0.6) is 5.75 Å². The molecular formula is C11H13NO4. The Kier molecular flexibility index (Phi) is 3.88. The minimum absolute atomic E-state index is 0.460. The van der Waals surface area contributed by atoms with Gasteiger partial charge in [-0.2, -0.15) is 0 Å². The van der Waals surface area contributed by atoms with E-state index in [9.17, 15) is 9.59 Å². The van der Waals surface area contributed by atoms with Gasteiger partial charge in [-0.25, -0.2) is 4.79 Å². The molecule has 0 aliphatic carbocycles. The molecule has 16 heavy (non-hydrogen) atoms. The number of ether oxygens (including phenoxy) is 1. The molecule has 0 aliphatic rings. The standard InChI is InChI=1S/C11H13NO4/c1-7(13)10(11(14)15)12-8-5-3-4-6-9(8)16-2/h3-6,10,12H,1-2H3,(H,14,15). The first-order chi connectivity index (χ1) is 7.56. The van der Waals surface area contributed by atoms with E-state index < -0.39 is 17.8 Å². The predicted octanol–water partition coefficient (Wildman–Crippen LogP) is 1.15. The highest BCUT2D eigenvalue weighted by molar-refractivity contribution is 6.03. The molecule has 0 amide bonds. The van der Waals surface area contributed by atoms with E-state index in [0.717, 1.165) is 0 Å². The van der Waals surface area contributed by atoms with E-state index in [2.05, 4.69) is 5.32 Å². The van der Waals surface area contributed by atoms with Crippen molar-refractivity contribution in [3.05, 3.63) is 24.3 Å². The van der Waals surface area contributed by atoms with Crippen molar-refractivity contribution in [1.82, 2.24) is 0 Å². The summed E-state index contributed by atoms with van der Waals surface area (Å²) in [5.74, 6) is -1.17. The third-order valence-corrected chi connectivity index (χ3v) is 2.06. The van der Waals surface area contributed by atoms with Crippen LogP contribution < -0.4 is 10.1 Å². The number of benzene rings is 1. The maximum atomic E-state index is 11.1. The van der Waals surface area contributed by atoms with Gasteiger partial charge in [0.25, 0.3) is 0 Å². The maximum absolute atomic E-state index is 11.1.